The largest absolute Gasteiger partial charge is 0.507 e. The number of rotatable bonds is 3. The average molecular weight is 372 g/mol. The molecule has 0 heterocycles. The third kappa shape index (κ3) is 3.32. The standard InChI is InChI=1S/C18H16N2O5S/c1-10-2-4-13(15(19)8-10)18(22)20-16-6-7-17(21)12-5-3-11(9-14(12)16)26(23,24)25/h2-9,21H,19H2,1H3,(H,20,22)(H,23,24,25). The Morgan fingerprint density at radius 1 is 1.04 bits per heavy atom. The summed E-state index contributed by atoms with van der Waals surface area (Å²) in [4.78, 5) is 12.2. The van der Waals surface area contributed by atoms with E-state index in [-0.39, 0.29) is 27.3 Å². The maximum absolute atomic E-state index is 12.5. The molecule has 1 amide bonds. The number of anilines is 2. The third-order valence-electron chi connectivity index (χ3n) is 3.96. The van der Waals surface area contributed by atoms with Gasteiger partial charge in [0.15, 0.2) is 0 Å². The van der Waals surface area contributed by atoms with Crippen LogP contribution in [0.1, 0.15) is 15.9 Å². The first-order valence-corrected chi connectivity index (χ1v) is 9.01. The zero-order chi connectivity index (χ0) is 19.1. The van der Waals surface area contributed by atoms with Gasteiger partial charge in [0.25, 0.3) is 16.0 Å². The SMILES string of the molecule is Cc1ccc(C(=O)Nc2ccc(O)c3ccc(S(=O)(=O)O)cc23)c(N)c1. The zero-order valence-electron chi connectivity index (χ0n) is 13.7. The van der Waals surface area contributed by atoms with Crippen molar-refractivity contribution in [1.29, 1.82) is 0 Å². The van der Waals surface area contributed by atoms with E-state index in [4.69, 9.17) is 5.73 Å². The Kier molecular flexibility index (Phi) is 4.31. The van der Waals surface area contributed by atoms with Gasteiger partial charge in [-0.3, -0.25) is 9.35 Å². The molecule has 3 aromatic rings. The van der Waals surface area contributed by atoms with Crippen molar-refractivity contribution in [2.75, 3.05) is 11.1 Å². The zero-order valence-corrected chi connectivity index (χ0v) is 14.5. The Hall–Kier alpha value is -3.10. The Morgan fingerprint density at radius 2 is 1.77 bits per heavy atom. The van der Waals surface area contributed by atoms with Gasteiger partial charge in [-0.25, -0.2) is 0 Å². The number of nitrogens with two attached hydrogens (primary N) is 1. The van der Waals surface area contributed by atoms with E-state index in [0.29, 0.717) is 11.1 Å². The van der Waals surface area contributed by atoms with E-state index in [1.807, 2.05) is 6.92 Å². The molecule has 8 heteroatoms. The molecule has 0 saturated heterocycles. The number of phenolic OH excluding ortho intramolecular Hbond substituents is 1. The van der Waals surface area contributed by atoms with Crippen LogP contribution in [0.5, 0.6) is 5.75 Å². The summed E-state index contributed by atoms with van der Waals surface area (Å²) in [5.74, 6) is -0.568. The lowest BCUT2D eigenvalue weighted by molar-refractivity contribution is 0.102. The summed E-state index contributed by atoms with van der Waals surface area (Å²) in [6.07, 6.45) is 0. The summed E-state index contributed by atoms with van der Waals surface area (Å²) in [6, 6.07) is 11.5. The summed E-state index contributed by atoms with van der Waals surface area (Å²) in [5.41, 5.74) is 7.64. The van der Waals surface area contributed by atoms with Gasteiger partial charge in [-0.05, 0) is 55.0 Å². The van der Waals surface area contributed by atoms with Crippen molar-refractivity contribution in [2.24, 2.45) is 0 Å². The first kappa shape index (κ1) is 17.7. The first-order chi connectivity index (χ1) is 12.2. The van der Waals surface area contributed by atoms with Crippen LogP contribution in [0.2, 0.25) is 0 Å². The molecule has 26 heavy (non-hydrogen) atoms. The van der Waals surface area contributed by atoms with Crippen molar-refractivity contribution in [1.82, 2.24) is 0 Å². The van der Waals surface area contributed by atoms with Gasteiger partial charge in [0.1, 0.15) is 5.75 Å². The molecule has 0 unspecified atom stereocenters. The molecular formula is C18H16N2O5S. The van der Waals surface area contributed by atoms with Crippen LogP contribution in [0.4, 0.5) is 11.4 Å². The molecule has 0 aromatic heterocycles. The molecule has 0 spiro atoms. The van der Waals surface area contributed by atoms with Crippen molar-refractivity contribution in [3.8, 4) is 5.75 Å². The van der Waals surface area contributed by atoms with Gasteiger partial charge < -0.3 is 16.2 Å². The summed E-state index contributed by atoms with van der Waals surface area (Å²) in [7, 11) is -4.43. The van der Waals surface area contributed by atoms with Crippen LogP contribution in [0, 0.1) is 6.92 Å². The van der Waals surface area contributed by atoms with E-state index in [1.165, 1.54) is 30.3 Å². The highest BCUT2D eigenvalue weighted by molar-refractivity contribution is 7.85. The summed E-state index contributed by atoms with van der Waals surface area (Å²) < 4.78 is 32.0. The van der Waals surface area contributed by atoms with Crippen molar-refractivity contribution >= 4 is 38.2 Å². The van der Waals surface area contributed by atoms with Crippen molar-refractivity contribution in [2.45, 2.75) is 11.8 Å². The van der Waals surface area contributed by atoms with Gasteiger partial charge >= 0.3 is 0 Å². The van der Waals surface area contributed by atoms with Gasteiger partial charge in [-0.15, -0.1) is 0 Å². The van der Waals surface area contributed by atoms with Gasteiger partial charge in [-0.1, -0.05) is 6.07 Å². The van der Waals surface area contributed by atoms with E-state index in [0.717, 1.165) is 5.56 Å². The van der Waals surface area contributed by atoms with Crippen LogP contribution in [0.15, 0.2) is 53.4 Å². The molecule has 5 N–H and O–H groups in total. The van der Waals surface area contributed by atoms with E-state index in [1.54, 1.807) is 18.2 Å². The second-order valence-electron chi connectivity index (χ2n) is 5.86. The Labute approximate surface area is 149 Å². The number of hydrogen-bond acceptors (Lipinski definition) is 5. The lowest BCUT2D eigenvalue weighted by Crippen LogP contribution is -2.14. The topological polar surface area (TPSA) is 130 Å². The van der Waals surface area contributed by atoms with Gasteiger partial charge in [0, 0.05) is 22.1 Å². The van der Waals surface area contributed by atoms with E-state index >= 15 is 0 Å². The molecule has 0 fully saturated rings. The normalized spacial score (nSPS) is 11.5. The highest BCUT2D eigenvalue weighted by Gasteiger charge is 2.16. The number of fused-ring (bicyclic) bond motifs is 1. The molecule has 0 aliphatic rings. The first-order valence-electron chi connectivity index (χ1n) is 7.57. The van der Waals surface area contributed by atoms with Gasteiger partial charge in [-0.2, -0.15) is 8.42 Å². The molecule has 0 saturated carbocycles. The second kappa shape index (κ2) is 6.32. The lowest BCUT2D eigenvalue weighted by Gasteiger charge is -2.12. The van der Waals surface area contributed by atoms with Crippen LogP contribution in [0.25, 0.3) is 10.8 Å². The minimum Gasteiger partial charge on any atom is -0.507 e. The smallest absolute Gasteiger partial charge is 0.294 e. The van der Waals surface area contributed by atoms with Crippen LogP contribution < -0.4 is 11.1 Å². The van der Waals surface area contributed by atoms with Crippen molar-refractivity contribution in [3.05, 3.63) is 59.7 Å². The fraction of sp³-hybridized carbons (Fsp3) is 0.0556. The Bertz CT molecular complexity index is 1140. The summed E-state index contributed by atoms with van der Waals surface area (Å²) in [6.45, 7) is 1.85. The second-order valence-corrected chi connectivity index (χ2v) is 7.28. The van der Waals surface area contributed by atoms with E-state index in [2.05, 4.69) is 5.32 Å². The maximum Gasteiger partial charge on any atom is 0.294 e. The van der Waals surface area contributed by atoms with E-state index < -0.39 is 16.0 Å². The van der Waals surface area contributed by atoms with Crippen LogP contribution >= 0.6 is 0 Å². The minimum atomic E-state index is -4.43. The average Bonchev–Trinajstić information content (AvgIpc) is 2.56. The van der Waals surface area contributed by atoms with Crippen molar-refractivity contribution in [3.63, 3.8) is 0 Å². The van der Waals surface area contributed by atoms with Gasteiger partial charge in [0.2, 0.25) is 0 Å². The quantitative estimate of drug-likeness (QED) is 0.318. The van der Waals surface area contributed by atoms with Crippen LogP contribution in [-0.2, 0) is 10.1 Å². The number of nitrogen functional groups attached to an aromatic ring is 1. The predicted molar refractivity (Wildman–Crippen MR) is 99.0 cm³/mol. The fourth-order valence-electron chi connectivity index (χ4n) is 2.66. The highest BCUT2D eigenvalue weighted by Crippen LogP contribution is 2.33. The number of carbonyl (C=O) groups is 1. The number of aryl methyl sites for hydroxylation is 1. The predicted octanol–water partition coefficient (Wildman–Crippen LogP) is 2.94. The number of carbonyl (C=O) groups excluding carboxylic acids is 1. The molecule has 0 bridgehead atoms. The lowest BCUT2D eigenvalue weighted by atomic mass is 10.1. The molecule has 0 aliphatic carbocycles. The van der Waals surface area contributed by atoms with E-state index in [9.17, 15) is 22.9 Å². The minimum absolute atomic E-state index is 0.0882. The molecule has 7 nitrogen and oxygen atoms in total. The number of nitrogens with one attached hydrogen (secondary N) is 1. The molecule has 134 valence electrons. The fourth-order valence-corrected chi connectivity index (χ4v) is 3.17. The molecule has 3 rings (SSSR count). The third-order valence-corrected chi connectivity index (χ3v) is 4.81. The number of aromatic hydroxyl groups is 1. The molecular weight excluding hydrogens is 356 g/mol. The van der Waals surface area contributed by atoms with Gasteiger partial charge in [0.05, 0.1) is 10.5 Å². The Morgan fingerprint density at radius 3 is 2.42 bits per heavy atom. The van der Waals surface area contributed by atoms with Crippen LogP contribution in [0.3, 0.4) is 0 Å². The summed E-state index contributed by atoms with van der Waals surface area (Å²) in [5, 5.41) is 13.2. The Balaban J connectivity index is 2.09. The molecule has 0 atom stereocenters. The molecule has 3 aromatic carbocycles. The number of hydrogen-bond donors (Lipinski definition) is 4. The number of benzene rings is 3. The summed E-state index contributed by atoms with van der Waals surface area (Å²) >= 11 is 0. The maximum atomic E-state index is 12.5. The van der Waals surface area contributed by atoms with Crippen LogP contribution in [-0.4, -0.2) is 24.0 Å². The highest BCUT2D eigenvalue weighted by atomic mass is 32.2. The molecule has 0 aliphatic heterocycles. The van der Waals surface area contributed by atoms with Crippen molar-refractivity contribution < 1.29 is 22.9 Å². The monoisotopic (exact) mass is 372 g/mol. The number of phenols is 1. The molecule has 0 radical (unpaired) electrons. The number of amides is 1.